The molecule has 0 aliphatic heterocycles. The lowest BCUT2D eigenvalue weighted by Gasteiger charge is -2.21. The van der Waals surface area contributed by atoms with E-state index in [-0.39, 0.29) is 11.7 Å². The molecule has 0 aliphatic carbocycles. The lowest BCUT2D eigenvalue weighted by Crippen LogP contribution is -2.31. The van der Waals surface area contributed by atoms with Gasteiger partial charge in [0, 0.05) is 24.1 Å². The Kier molecular flexibility index (Phi) is 5.34. The highest BCUT2D eigenvalue weighted by Gasteiger charge is 2.17. The van der Waals surface area contributed by atoms with E-state index in [0.29, 0.717) is 17.7 Å². The Morgan fingerprint density at radius 2 is 1.83 bits per heavy atom. The molecule has 0 saturated carbocycles. The summed E-state index contributed by atoms with van der Waals surface area (Å²) in [5.41, 5.74) is 1.83. The van der Waals surface area contributed by atoms with Crippen molar-refractivity contribution < 1.29 is 13.2 Å². The smallest absolute Gasteiger partial charge is 0.258 e. The van der Waals surface area contributed by atoms with Gasteiger partial charge < -0.3 is 4.90 Å². The zero-order valence-electron chi connectivity index (χ0n) is 13.0. The van der Waals surface area contributed by atoms with Crippen LogP contribution in [0.5, 0.6) is 0 Å². The molecule has 2 aromatic rings. The summed E-state index contributed by atoms with van der Waals surface area (Å²) in [6.07, 6.45) is 2.83. The molecule has 2 rings (SSSR count). The maximum atomic E-state index is 12.8. The van der Waals surface area contributed by atoms with E-state index in [0.717, 1.165) is 5.69 Å². The summed E-state index contributed by atoms with van der Waals surface area (Å²) in [5, 5.41) is 0. The van der Waals surface area contributed by atoms with Crippen LogP contribution in [0.4, 0.5) is 5.69 Å². The Morgan fingerprint density at radius 3 is 2.43 bits per heavy atom. The van der Waals surface area contributed by atoms with E-state index in [1.807, 2.05) is 30.3 Å². The maximum Gasteiger partial charge on any atom is 0.258 e. The van der Waals surface area contributed by atoms with Gasteiger partial charge in [-0.15, -0.1) is 6.58 Å². The standard InChI is InChI=1S/C18H19NO3S/c1-3-12-19(17-10-5-4-6-11-17)18(20)16-9-7-8-15(13-16)14-23(2,21)22/h3-11,13H,1,12,14H2,2H3. The summed E-state index contributed by atoms with van der Waals surface area (Å²) in [5.74, 6) is -0.271. The SMILES string of the molecule is C=CCN(C(=O)c1cccc(CS(C)(=O)=O)c1)c1ccccc1. The van der Waals surface area contributed by atoms with Crippen molar-refractivity contribution in [2.24, 2.45) is 0 Å². The van der Waals surface area contributed by atoms with Gasteiger partial charge in [0.2, 0.25) is 0 Å². The van der Waals surface area contributed by atoms with Crippen LogP contribution in [0.15, 0.2) is 67.3 Å². The van der Waals surface area contributed by atoms with Gasteiger partial charge in [-0.1, -0.05) is 36.4 Å². The first kappa shape index (κ1) is 17.0. The van der Waals surface area contributed by atoms with E-state index in [2.05, 4.69) is 6.58 Å². The van der Waals surface area contributed by atoms with Crippen molar-refractivity contribution in [3.63, 3.8) is 0 Å². The number of amides is 1. The van der Waals surface area contributed by atoms with Gasteiger partial charge in [-0.25, -0.2) is 8.42 Å². The van der Waals surface area contributed by atoms with Crippen LogP contribution in [0.1, 0.15) is 15.9 Å². The first-order valence-electron chi connectivity index (χ1n) is 7.15. The third-order valence-corrected chi connectivity index (χ3v) is 4.09. The van der Waals surface area contributed by atoms with E-state index in [1.165, 1.54) is 6.26 Å². The lowest BCUT2D eigenvalue weighted by molar-refractivity contribution is 0.0989. The number of hydrogen-bond acceptors (Lipinski definition) is 3. The monoisotopic (exact) mass is 329 g/mol. The van der Waals surface area contributed by atoms with Crippen molar-refractivity contribution >= 4 is 21.4 Å². The van der Waals surface area contributed by atoms with Crippen LogP contribution in [-0.2, 0) is 15.6 Å². The van der Waals surface area contributed by atoms with E-state index in [1.54, 1.807) is 35.2 Å². The molecule has 0 radical (unpaired) electrons. The molecule has 1 amide bonds. The molecule has 5 heteroatoms. The summed E-state index contributed by atoms with van der Waals surface area (Å²) in [6, 6.07) is 16.0. The molecule has 0 unspecified atom stereocenters. The zero-order chi connectivity index (χ0) is 16.9. The molecule has 120 valence electrons. The average molecular weight is 329 g/mol. The predicted molar refractivity (Wildman–Crippen MR) is 93.3 cm³/mol. The van der Waals surface area contributed by atoms with Gasteiger partial charge in [0.1, 0.15) is 0 Å². The fraction of sp³-hybridized carbons (Fsp3) is 0.167. The van der Waals surface area contributed by atoms with Gasteiger partial charge in [0.05, 0.1) is 5.75 Å². The Morgan fingerprint density at radius 1 is 1.13 bits per heavy atom. The predicted octanol–water partition coefficient (Wildman–Crippen LogP) is 3.06. The summed E-state index contributed by atoms with van der Waals surface area (Å²) in [4.78, 5) is 14.4. The molecule has 0 saturated heterocycles. The molecule has 0 fully saturated rings. The fourth-order valence-corrected chi connectivity index (χ4v) is 3.08. The van der Waals surface area contributed by atoms with Gasteiger partial charge in [0.15, 0.2) is 9.84 Å². The summed E-state index contributed by atoms with van der Waals surface area (Å²) in [6.45, 7) is 4.07. The number of carbonyl (C=O) groups excluding carboxylic acids is 1. The van der Waals surface area contributed by atoms with Crippen LogP contribution in [0, 0.1) is 0 Å². The van der Waals surface area contributed by atoms with E-state index in [9.17, 15) is 13.2 Å². The molecular formula is C18H19NO3S. The van der Waals surface area contributed by atoms with Gasteiger partial charge >= 0.3 is 0 Å². The molecule has 0 aromatic heterocycles. The van der Waals surface area contributed by atoms with E-state index < -0.39 is 9.84 Å². The molecule has 0 heterocycles. The molecule has 0 aliphatic rings. The van der Waals surface area contributed by atoms with E-state index >= 15 is 0 Å². The Labute approximate surface area is 137 Å². The van der Waals surface area contributed by atoms with E-state index in [4.69, 9.17) is 0 Å². The number of benzene rings is 2. The topological polar surface area (TPSA) is 54.5 Å². The third kappa shape index (κ3) is 4.79. The molecule has 23 heavy (non-hydrogen) atoms. The number of anilines is 1. The first-order chi connectivity index (χ1) is 10.9. The van der Waals surface area contributed by atoms with Crippen LogP contribution in [0.25, 0.3) is 0 Å². The highest BCUT2D eigenvalue weighted by molar-refractivity contribution is 7.89. The molecule has 2 aromatic carbocycles. The number of hydrogen-bond donors (Lipinski definition) is 0. The molecule has 0 N–H and O–H groups in total. The molecule has 0 atom stereocenters. The quantitative estimate of drug-likeness (QED) is 0.765. The number of nitrogens with zero attached hydrogens (tertiary/aromatic N) is 1. The lowest BCUT2D eigenvalue weighted by atomic mass is 10.1. The third-order valence-electron chi connectivity index (χ3n) is 3.23. The minimum atomic E-state index is -3.14. The summed E-state index contributed by atoms with van der Waals surface area (Å²) < 4.78 is 22.9. The van der Waals surface area contributed by atoms with Gasteiger partial charge in [-0.2, -0.15) is 0 Å². The maximum absolute atomic E-state index is 12.8. The van der Waals surface area contributed by atoms with Crippen molar-refractivity contribution in [1.29, 1.82) is 0 Å². The van der Waals surface area contributed by atoms with Crippen molar-refractivity contribution in [2.45, 2.75) is 5.75 Å². The zero-order valence-corrected chi connectivity index (χ0v) is 13.8. The van der Waals surface area contributed by atoms with Crippen molar-refractivity contribution in [3.05, 3.63) is 78.4 Å². The highest BCUT2D eigenvalue weighted by Crippen LogP contribution is 2.18. The molecule has 4 nitrogen and oxygen atoms in total. The molecular weight excluding hydrogens is 310 g/mol. The van der Waals surface area contributed by atoms with Gasteiger partial charge in [-0.3, -0.25) is 4.79 Å². The summed E-state index contributed by atoms with van der Waals surface area (Å²) >= 11 is 0. The highest BCUT2D eigenvalue weighted by atomic mass is 32.2. The van der Waals surface area contributed by atoms with Crippen LogP contribution < -0.4 is 4.90 Å². The van der Waals surface area contributed by atoms with Crippen LogP contribution in [0.3, 0.4) is 0 Å². The largest absolute Gasteiger partial charge is 0.305 e. The molecule has 0 bridgehead atoms. The van der Waals surface area contributed by atoms with Gasteiger partial charge in [0.25, 0.3) is 5.91 Å². The van der Waals surface area contributed by atoms with Crippen molar-refractivity contribution in [3.8, 4) is 0 Å². The molecule has 0 spiro atoms. The average Bonchev–Trinajstić information content (AvgIpc) is 2.51. The minimum Gasteiger partial charge on any atom is -0.305 e. The minimum absolute atomic E-state index is 0.0824. The second-order valence-electron chi connectivity index (χ2n) is 5.31. The number of rotatable bonds is 6. The Bertz CT molecular complexity index is 798. The second-order valence-corrected chi connectivity index (χ2v) is 7.45. The number of sulfone groups is 1. The first-order valence-corrected chi connectivity index (χ1v) is 9.21. The van der Waals surface area contributed by atoms with Crippen LogP contribution >= 0.6 is 0 Å². The number of para-hydroxylation sites is 1. The summed E-state index contributed by atoms with van der Waals surface area (Å²) in [7, 11) is -3.14. The Balaban J connectivity index is 2.33. The van der Waals surface area contributed by atoms with Crippen LogP contribution in [-0.4, -0.2) is 27.1 Å². The second kappa shape index (κ2) is 7.24. The van der Waals surface area contributed by atoms with Gasteiger partial charge in [-0.05, 0) is 29.8 Å². The van der Waals surface area contributed by atoms with Crippen LogP contribution in [0.2, 0.25) is 0 Å². The van der Waals surface area contributed by atoms with Crippen molar-refractivity contribution in [1.82, 2.24) is 0 Å². The fourth-order valence-electron chi connectivity index (χ4n) is 2.30. The normalized spacial score (nSPS) is 11.0. The Hall–Kier alpha value is -2.40. The number of carbonyl (C=O) groups is 1. The van der Waals surface area contributed by atoms with Crippen molar-refractivity contribution in [2.75, 3.05) is 17.7 Å².